The smallest absolute Gasteiger partial charge is 0.124 e. The zero-order valence-electron chi connectivity index (χ0n) is 16.7. The summed E-state index contributed by atoms with van der Waals surface area (Å²) in [6.45, 7) is 5.46. The number of β-amino-alcohol motifs (C(OH)–C–C–N with tert-alkyl or cyclic N) is 1. The zero-order chi connectivity index (χ0) is 20.6. The average Bonchev–Trinajstić information content (AvgIpc) is 2.72. The largest absolute Gasteiger partial charge is 0.496 e. The third-order valence-corrected chi connectivity index (χ3v) is 5.46. The molecule has 0 radical (unpaired) electrons. The van der Waals surface area contributed by atoms with E-state index < -0.39 is 6.10 Å². The molecule has 0 amide bonds. The van der Waals surface area contributed by atoms with Gasteiger partial charge in [-0.3, -0.25) is 9.80 Å². The number of aliphatic hydroxyl groups excluding tert-OH is 1. The molecule has 1 atom stereocenters. The van der Waals surface area contributed by atoms with Crippen LogP contribution in [0.5, 0.6) is 5.75 Å². The maximum Gasteiger partial charge on any atom is 0.124 e. The molecule has 29 heavy (non-hydrogen) atoms. The van der Waals surface area contributed by atoms with Crippen LogP contribution < -0.4 is 4.74 Å². The Kier molecular flexibility index (Phi) is 8.27. The topological polar surface area (TPSA) is 45.2 Å². The molecular weight excluding hydrogens is 395 g/mol. The standard InChI is InChI=1S/C22H28ClFN2O3/c1-28-22-5-3-2-4-18(22)15-29-16-20(27)14-26-10-8-25(9-11-26)13-17-6-7-19(24)12-21(17)23/h2-7,12,20,27H,8-11,13-16H2,1H3. The maximum atomic E-state index is 13.2. The van der Waals surface area contributed by atoms with Gasteiger partial charge >= 0.3 is 0 Å². The number of nitrogens with zero attached hydrogens (tertiary/aromatic N) is 2. The highest BCUT2D eigenvalue weighted by atomic mass is 35.5. The summed E-state index contributed by atoms with van der Waals surface area (Å²) in [5.74, 6) is 0.477. The molecule has 7 heteroatoms. The summed E-state index contributed by atoms with van der Waals surface area (Å²) in [5.41, 5.74) is 1.90. The number of halogens is 2. The Balaban J connectivity index is 1.36. The van der Waals surface area contributed by atoms with E-state index in [-0.39, 0.29) is 12.4 Å². The fraction of sp³-hybridized carbons (Fsp3) is 0.455. The molecule has 1 aliphatic heterocycles. The molecule has 1 heterocycles. The van der Waals surface area contributed by atoms with Gasteiger partial charge in [0.2, 0.25) is 0 Å². The Bertz CT molecular complexity index is 784. The molecule has 2 aromatic carbocycles. The number of para-hydroxylation sites is 1. The lowest BCUT2D eigenvalue weighted by Crippen LogP contribution is -2.48. The third-order valence-electron chi connectivity index (χ3n) is 5.10. The molecular formula is C22H28ClFN2O3. The van der Waals surface area contributed by atoms with E-state index >= 15 is 0 Å². The Hall–Kier alpha value is -1.70. The minimum Gasteiger partial charge on any atom is -0.496 e. The van der Waals surface area contributed by atoms with Gasteiger partial charge < -0.3 is 14.6 Å². The number of ether oxygens (including phenoxy) is 2. The molecule has 1 N–H and O–H groups in total. The normalized spacial score (nSPS) is 16.7. The lowest BCUT2D eigenvalue weighted by Gasteiger charge is -2.35. The van der Waals surface area contributed by atoms with Crippen LogP contribution in [0.4, 0.5) is 4.39 Å². The van der Waals surface area contributed by atoms with E-state index in [1.807, 2.05) is 24.3 Å². The van der Waals surface area contributed by atoms with Crippen molar-refractivity contribution in [1.82, 2.24) is 9.80 Å². The van der Waals surface area contributed by atoms with Gasteiger partial charge in [-0.05, 0) is 23.8 Å². The monoisotopic (exact) mass is 422 g/mol. The third kappa shape index (κ3) is 6.66. The summed E-state index contributed by atoms with van der Waals surface area (Å²) >= 11 is 6.13. The molecule has 5 nitrogen and oxygen atoms in total. The molecule has 2 aromatic rings. The van der Waals surface area contributed by atoms with Gasteiger partial charge in [-0.15, -0.1) is 0 Å². The molecule has 0 bridgehead atoms. The first-order valence-corrected chi connectivity index (χ1v) is 10.2. The van der Waals surface area contributed by atoms with Gasteiger partial charge in [-0.2, -0.15) is 0 Å². The second-order valence-electron chi connectivity index (χ2n) is 7.29. The molecule has 1 saturated heterocycles. The Morgan fingerprint density at radius 2 is 1.79 bits per heavy atom. The molecule has 1 unspecified atom stereocenters. The first-order valence-electron chi connectivity index (χ1n) is 9.81. The van der Waals surface area contributed by atoms with E-state index in [9.17, 15) is 9.50 Å². The van der Waals surface area contributed by atoms with Gasteiger partial charge in [0.05, 0.1) is 26.4 Å². The summed E-state index contributed by atoms with van der Waals surface area (Å²) in [4.78, 5) is 4.53. The van der Waals surface area contributed by atoms with E-state index in [1.165, 1.54) is 12.1 Å². The van der Waals surface area contributed by atoms with Crippen LogP contribution in [-0.4, -0.2) is 67.5 Å². The fourth-order valence-corrected chi connectivity index (χ4v) is 3.73. The van der Waals surface area contributed by atoms with Gasteiger partial charge in [0, 0.05) is 49.9 Å². The van der Waals surface area contributed by atoms with E-state index in [4.69, 9.17) is 21.1 Å². The van der Waals surface area contributed by atoms with Crippen molar-refractivity contribution in [2.45, 2.75) is 19.3 Å². The highest BCUT2D eigenvalue weighted by molar-refractivity contribution is 6.31. The molecule has 0 aliphatic carbocycles. The van der Waals surface area contributed by atoms with E-state index in [0.29, 0.717) is 24.7 Å². The van der Waals surface area contributed by atoms with Crippen molar-refractivity contribution < 1.29 is 19.0 Å². The van der Waals surface area contributed by atoms with Crippen molar-refractivity contribution in [1.29, 1.82) is 0 Å². The Morgan fingerprint density at radius 3 is 2.52 bits per heavy atom. The van der Waals surface area contributed by atoms with Crippen LogP contribution in [0.3, 0.4) is 0 Å². The SMILES string of the molecule is COc1ccccc1COCC(O)CN1CCN(Cc2ccc(F)cc2Cl)CC1. The molecule has 3 rings (SSSR count). The van der Waals surface area contributed by atoms with Crippen molar-refractivity contribution in [2.24, 2.45) is 0 Å². The van der Waals surface area contributed by atoms with Crippen molar-refractivity contribution >= 4 is 11.6 Å². The number of methoxy groups -OCH3 is 1. The second-order valence-corrected chi connectivity index (χ2v) is 7.70. The summed E-state index contributed by atoms with van der Waals surface area (Å²) in [5, 5.41) is 10.8. The highest BCUT2D eigenvalue weighted by Gasteiger charge is 2.20. The molecule has 0 spiro atoms. The summed E-state index contributed by atoms with van der Waals surface area (Å²) < 4.78 is 24.2. The Morgan fingerprint density at radius 1 is 1.07 bits per heavy atom. The average molecular weight is 423 g/mol. The van der Waals surface area contributed by atoms with Gasteiger partial charge in [0.15, 0.2) is 0 Å². The van der Waals surface area contributed by atoms with Gasteiger partial charge in [-0.1, -0.05) is 35.9 Å². The van der Waals surface area contributed by atoms with E-state index in [0.717, 1.165) is 43.1 Å². The molecule has 1 fully saturated rings. The highest BCUT2D eigenvalue weighted by Crippen LogP contribution is 2.20. The molecule has 158 valence electrons. The van der Waals surface area contributed by atoms with Crippen LogP contribution in [0, 0.1) is 5.82 Å². The van der Waals surface area contributed by atoms with Crippen molar-refractivity contribution in [3.63, 3.8) is 0 Å². The minimum atomic E-state index is -0.539. The van der Waals surface area contributed by atoms with Crippen LogP contribution >= 0.6 is 11.6 Å². The van der Waals surface area contributed by atoms with E-state index in [1.54, 1.807) is 13.2 Å². The van der Waals surface area contributed by atoms with Crippen LogP contribution in [0.1, 0.15) is 11.1 Å². The van der Waals surface area contributed by atoms with Crippen molar-refractivity contribution in [3.05, 3.63) is 64.4 Å². The summed E-state index contributed by atoms with van der Waals surface area (Å²) in [6, 6.07) is 12.3. The fourth-order valence-electron chi connectivity index (χ4n) is 3.50. The van der Waals surface area contributed by atoms with Crippen molar-refractivity contribution in [2.75, 3.05) is 46.4 Å². The number of aliphatic hydroxyl groups is 1. The lowest BCUT2D eigenvalue weighted by atomic mass is 10.2. The summed E-state index contributed by atoms with van der Waals surface area (Å²) in [6.07, 6.45) is -0.539. The predicted octanol–water partition coefficient (Wildman–Crippen LogP) is 3.18. The predicted molar refractivity (Wildman–Crippen MR) is 112 cm³/mol. The maximum absolute atomic E-state index is 13.2. The first-order chi connectivity index (χ1) is 14.0. The van der Waals surface area contributed by atoms with Gasteiger partial charge in [-0.25, -0.2) is 4.39 Å². The van der Waals surface area contributed by atoms with Crippen LogP contribution in [0.15, 0.2) is 42.5 Å². The van der Waals surface area contributed by atoms with Crippen LogP contribution in [0.25, 0.3) is 0 Å². The van der Waals surface area contributed by atoms with Crippen LogP contribution in [-0.2, 0) is 17.9 Å². The second kappa shape index (κ2) is 10.9. The van der Waals surface area contributed by atoms with Crippen LogP contribution in [0.2, 0.25) is 5.02 Å². The van der Waals surface area contributed by atoms with Crippen molar-refractivity contribution in [3.8, 4) is 5.75 Å². The van der Waals surface area contributed by atoms with E-state index in [2.05, 4.69) is 9.80 Å². The van der Waals surface area contributed by atoms with Gasteiger partial charge in [0.1, 0.15) is 11.6 Å². The lowest BCUT2D eigenvalue weighted by molar-refractivity contribution is 0.000486. The molecule has 0 saturated carbocycles. The zero-order valence-corrected chi connectivity index (χ0v) is 17.4. The number of hydrogen-bond acceptors (Lipinski definition) is 5. The number of hydrogen-bond donors (Lipinski definition) is 1. The quantitative estimate of drug-likeness (QED) is 0.672. The number of benzene rings is 2. The van der Waals surface area contributed by atoms with Gasteiger partial charge in [0.25, 0.3) is 0 Å². The Labute approximate surface area is 176 Å². The molecule has 1 aliphatic rings. The number of rotatable bonds is 9. The summed E-state index contributed by atoms with van der Waals surface area (Å²) in [7, 11) is 1.64. The minimum absolute atomic E-state index is 0.281. The molecule has 0 aromatic heterocycles. The number of piperazine rings is 1. The first kappa shape index (κ1) is 22.0.